The second-order valence-electron chi connectivity index (χ2n) is 4.15. The van der Waals surface area contributed by atoms with Crippen molar-refractivity contribution < 1.29 is 23.8 Å². The van der Waals surface area contributed by atoms with Crippen molar-refractivity contribution in [3.63, 3.8) is 0 Å². The molecule has 1 aromatic carbocycles. The first-order valence-corrected chi connectivity index (χ1v) is 8.20. The molecule has 20 heavy (non-hydrogen) atoms. The molecular formula is C13H20NO5P. The highest BCUT2D eigenvalue weighted by atomic mass is 31.2. The molecule has 0 aliphatic carbocycles. The maximum absolute atomic E-state index is 12.3. The van der Waals surface area contributed by atoms with Gasteiger partial charge in [0.15, 0.2) is 11.5 Å². The van der Waals surface area contributed by atoms with Gasteiger partial charge in [-0.15, -0.1) is 0 Å². The highest BCUT2D eigenvalue weighted by Crippen LogP contribution is 2.45. The van der Waals surface area contributed by atoms with Crippen LogP contribution in [0.2, 0.25) is 0 Å². The molecule has 0 aliphatic heterocycles. The van der Waals surface area contributed by atoms with Crippen LogP contribution in [0, 0.1) is 0 Å². The van der Waals surface area contributed by atoms with Crippen LogP contribution in [0.25, 0.3) is 0 Å². The van der Waals surface area contributed by atoms with Crippen LogP contribution in [0.5, 0.6) is 11.5 Å². The molecule has 1 rings (SSSR count). The molecule has 112 valence electrons. The largest absolute Gasteiger partial charge is 0.493 e. The van der Waals surface area contributed by atoms with Crippen molar-refractivity contribution in [3.05, 3.63) is 23.8 Å². The van der Waals surface area contributed by atoms with Crippen molar-refractivity contribution in [3.8, 4) is 11.5 Å². The lowest BCUT2D eigenvalue weighted by Gasteiger charge is -2.15. The Kier molecular flexibility index (Phi) is 6.05. The molecule has 0 saturated heterocycles. The Morgan fingerprint density at radius 2 is 1.95 bits per heavy atom. The molecule has 1 aromatic rings. The van der Waals surface area contributed by atoms with Crippen LogP contribution in [0.1, 0.15) is 12.5 Å². The van der Waals surface area contributed by atoms with E-state index in [0.29, 0.717) is 18.1 Å². The molecule has 0 bridgehead atoms. The van der Waals surface area contributed by atoms with Crippen molar-refractivity contribution in [1.82, 2.24) is 0 Å². The van der Waals surface area contributed by atoms with E-state index in [0.717, 1.165) is 5.56 Å². The maximum atomic E-state index is 12.3. The molecule has 1 N–H and O–H groups in total. The van der Waals surface area contributed by atoms with Gasteiger partial charge in [0, 0.05) is 13.1 Å². The molecule has 0 saturated carbocycles. The summed E-state index contributed by atoms with van der Waals surface area (Å²) >= 11 is 0. The van der Waals surface area contributed by atoms with Crippen LogP contribution < -0.4 is 9.47 Å². The smallest absolute Gasteiger partial charge is 0.246 e. The molecule has 0 fully saturated rings. The van der Waals surface area contributed by atoms with Crippen LogP contribution in [0.4, 0.5) is 0 Å². The van der Waals surface area contributed by atoms with Crippen molar-refractivity contribution in [2.24, 2.45) is 5.16 Å². The number of nitrogens with zero attached hydrogens (tertiary/aromatic N) is 1. The third kappa shape index (κ3) is 3.99. The molecule has 6 nitrogen and oxygen atoms in total. The minimum atomic E-state index is -3.08. The van der Waals surface area contributed by atoms with Crippen molar-refractivity contribution in [2.75, 3.05) is 27.5 Å². The van der Waals surface area contributed by atoms with E-state index in [4.69, 9.17) is 19.2 Å². The third-order valence-electron chi connectivity index (χ3n) is 2.77. The van der Waals surface area contributed by atoms with Gasteiger partial charge in [-0.2, -0.15) is 0 Å². The van der Waals surface area contributed by atoms with Gasteiger partial charge in [0.2, 0.25) is 7.37 Å². The lowest BCUT2D eigenvalue weighted by atomic mass is 10.1. The van der Waals surface area contributed by atoms with Crippen LogP contribution in [0.15, 0.2) is 23.4 Å². The van der Waals surface area contributed by atoms with Gasteiger partial charge in [-0.3, -0.25) is 4.57 Å². The van der Waals surface area contributed by atoms with Crippen molar-refractivity contribution in [1.29, 1.82) is 0 Å². The molecule has 0 unspecified atom stereocenters. The van der Waals surface area contributed by atoms with E-state index in [-0.39, 0.29) is 11.9 Å². The first kappa shape index (κ1) is 16.5. The fourth-order valence-electron chi connectivity index (χ4n) is 1.75. The Labute approximate surface area is 118 Å². The topological polar surface area (TPSA) is 77.4 Å². The highest BCUT2D eigenvalue weighted by Gasteiger charge is 2.25. The Morgan fingerprint density at radius 3 is 2.45 bits per heavy atom. The molecule has 1 atom stereocenters. The summed E-state index contributed by atoms with van der Waals surface area (Å²) < 4.78 is 27.8. The van der Waals surface area contributed by atoms with Gasteiger partial charge in [0.25, 0.3) is 0 Å². The van der Waals surface area contributed by atoms with Gasteiger partial charge in [-0.05, 0) is 24.6 Å². The third-order valence-corrected chi connectivity index (χ3v) is 4.71. The van der Waals surface area contributed by atoms with Crippen LogP contribution >= 0.6 is 7.37 Å². The fraction of sp³-hybridized carbons (Fsp3) is 0.462. The second-order valence-corrected chi connectivity index (χ2v) is 6.61. The monoisotopic (exact) mass is 301 g/mol. The van der Waals surface area contributed by atoms with E-state index in [2.05, 4.69) is 5.16 Å². The normalized spacial score (nSPS) is 14.7. The van der Waals surface area contributed by atoms with E-state index in [1.165, 1.54) is 13.8 Å². The van der Waals surface area contributed by atoms with Gasteiger partial charge in [-0.25, -0.2) is 0 Å². The second kappa shape index (κ2) is 7.31. The first-order valence-electron chi connectivity index (χ1n) is 6.13. The van der Waals surface area contributed by atoms with Crippen LogP contribution in [0.3, 0.4) is 0 Å². The molecule has 0 radical (unpaired) electrons. The van der Waals surface area contributed by atoms with Gasteiger partial charge in [0.05, 0.1) is 20.8 Å². The molecular weight excluding hydrogens is 281 g/mol. The molecule has 7 heteroatoms. The number of methoxy groups -OCH3 is 2. The lowest BCUT2D eigenvalue weighted by molar-refractivity contribution is 0.314. The summed E-state index contributed by atoms with van der Waals surface area (Å²) in [7, 11) is 0.00182. The van der Waals surface area contributed by atoms with E-state index in [1.54, 1.807) is 32.2 Å². The molecule has 0 aromatic heterocycles. The van der Waals surface area contributed by atoms with Gasteiger partial charge in [-0.1, -0.05) is 11.2 Å². The molecule has 0 spiro atoms. The maximum Gasteiger partial charge on any atom is 0.246 e. The Balaban J connectivity index is 3.00. The predicted molar refractivity (Wildman–Crippen MR) is 77.6 cm³/mol. The molecule has 0 amide bonds. The van der Waals surface area contributed by atoms with Crippen molar-refractivity contribution >= 4 is 12.8 Å². The average molecular weight is 301 g/mol. The Hall–Kier alpha value is -1.52. The quantitative estimate of drug-likeness (QED) is 0.362. The summed E-state index contributed by atoms with van der Waals surface area (Å²) in [6.07, 6.45) is 0.213. The van der Waals surface area contributed by atoms with Crippen molar-refractivity contribution in [2.45, 2.75) is 13.3 Å². The fourth-order valence-corrected chi connectivity index (χ4v) is 3.03. The zero-order valence-corrected chi connectivity index (χ0v) is 13.0. The SMILES string of the molecule is CCO[P@](C)(=O)/C(Cc1ccc(OC)c(OC)c1)=N/O. The van der Waals surface area contributed by atoms with Gasteiger partial charge < -0.3 is 19.2 Å². The zero-order chi connectivity index (χ0) is 15.2. The summed E-state index contributed by atoms with van der Waals surface area (Å²) in [5, 5.41) is 12.2. The number of oxime groups is 1. The molecule has 0 aliphatic rings. The van der Waals surface area contributed by atoms with E-state index in [9.17, 15) is 4.57 Å². The average Bonchev–Trinajstić information content (AvgIpc) is 2.44. The van der Waals surface area contributed by atoms with Gasteiger partial charge in [0.1, 0.15) is 5.45 Å². The number of hydrogen-bond donors (Lipinski definition) is 1. The number of hydrogen-bond acceptors (Lipinski definition) is 6. The number of benzene rings is 1. The Bertz CT molecular complexity index is 529. The summed E-state index contributed by atoms with van der Waals surface area (Å²) in [5.41, 5.74) is 0.906. The van der Waals surface area contributed by atoms with Crippen LogP contribution in [-0.4, -0.2) is 38.2 Å². The Morgan fingerprint density at radius 1 is 1.30 bits per heavy atom. The zero-order valence-electron chi connectivity index (χ0n) is 12.1. The van der Waals surface area contributed by atoms with E-state index < -0.39 is 7.37 Å². The lowest BCUT2D eigenvalue weighted by Crippen LogP contribution is -2.07. The molecule has 0 heterocycles. The summed E-state index contributed by atoms with van der Waals surface area (Å²) in [6, 6.07) is 5.28. The number of ether oxygens (including phenoxy) is 2. The first-order chi connectivity index (χ1) is 9.48. The number of rotatable bonds is 7. The summed E-state index contributed by atoms with van der Waals surface area (Å²) in [6.45, 7) is 3.46. The predicted octanol–water partition coefficient (Wildman–Crippen LogP) is 2.98. The van der Waals surface area contributed by atoms with E-state index >= 15 is 0 Å². The van der Waals surface area contributed by atoms with E-state index in [1.807, 2.05) is 0 Å². The minimum absolute atomic E-state index is 0.117. The van der Waals surface area contributed by atoms with Crippen LogP contribution in [-0.2, 0) is 15.5 Å². The minimum Gasteiger partial charge on any atom is -0.493 e. The summed E-state index contributed by atoms with van der Waals surface area (Å²) in [4.78, 5) is 0. The summed E-state index contributed by atoms with van der Waals surface area (Å²) in [5.74, 6) is 1.16. The standard InChI is InChI=1S/C13H20NO5P/c1-5-19-20(4,16)13(14-15)9-10-6-7-11(17-2)12(8-10)18-3/h6-8,15H,5,9H2,1-4H3/b14-13+/t20-/m0/s1. The highest BCUT2D eigenvalue weighted by molar-refractivity contribution is 7.75. The van der Waals surface area contributed by atoms with Gasteiger partial charge >= 0.3 is 0 Å².